The molecule has 7 heteroatoms. The second-order valence-corrected chi connectivity index (χ2v) is 8.02. The Morgan fingerprint density at radius 3 is 2.46 bits per heavy atom. The van der Waals surface area contributed by atoms with Crippen molar-refractivity contribution < 1.29 is 22.7 Å². The Balaban J connectivity index is 2.02. The third-order valence-electron chi connectivity index (χ3n) is 3.38. The maximum absolute atomic E-state index is 12.3. The summed E-state index contributed by atoms with van der Waals surface area (Å²) in [6, 6.07) is 9.39. The molecule has 0 radical (unpaired) electrons. The highest BCUT2D eigenvalue weighted by atomic mass is 32.2. The molecule has 0 saturated heterocycles. The second kappa shape index (κ2) is 7.38. The lowest BCUT2D eigenvalue weighted by Gasteiger charge is -2.21. The summed E-state index contributed by atoms with van der Waals surface area (Å²) in [7, 11) is -3.74. The van der Waals surface area contributed by atoms with Crippen LogP contribution in [0.25, 0.3) is 0 Å². The zero-order valence-electron chi connectivity index (χ0n) is 14.0. The molecule has 0 fully saturated rings. The maximum atomic E-state index is 12.3. The van der Waals surface area contributed by atoms with Crippen LogP contribution in [0.1, 0.15) is 26.5 Å². The summed E-state index contributed by atoms with van der Waals surface area (Å²) in [4.78, 5) is 0.106. The lowest BCUT2D eigenvalue weighted by atomic mass is 10.1. The fraction of sp³-hybridized carbons (Fsp3) is 0.412. The fourth-order valence-electron chi connectivity index (χ4n) is 1.97. The van der Waals surface area contributed by atoms with Crippen LogP contribution in [0, 0.1) is 5.92 Å². The van der Waals surface area contributed by atoms with Crippen LogP contribution in [0.2, 0.25) is 0 Å². The van der Waals surface area contributed by atoms with Gasteiger partial charge >= 0.3 is 0 Å². The molecule has 0 spiro atoms. The van der Waals surface area contributed by atoms with Gasteiger partial charge in [0.15, 0.2) is 0 Å². The topological polar surface area (TPSA) is 88.8 Å². The minimum Gasteiger partial charge on any atom is -0.493 e. The van der Waals surface area contributed by atoms with Gasteiger partial charge in [-0.3, -0.25) is 0 Å². The van der Waals surface area contributed by atoms with E-state index in [1.807, 2.05) is 13.8 Å². The first kappa shape index (κ1) is 18.5. The average molecular weight is 353 g/mol. The van der Waals surface area contributed by atoms with E-state index in [-0.39, 0.29) is 11.4 Å². The number of rotatable bonds is 8. The Kier molecular flexibility index (Phi) is 5.69. The largest absolute Gasteiger partial charge is 0.493 e. The van der Waals surface area contributed by atoms with E-state index in [1.54, 1.807) is 24.3 Å². The van der Waals surface area contributed by atoms with Gasteiger partial charge in [0.1, 0.15) is 17.1 Å². The molecule has 1 unspecified atom stereocenters. The zero-order chi connectivity index (χ0) is 17.8. The standard InChI is InChI=1S/C17H23NO5S/c1-13(2)11-23-14-6-8-15(9-7-14)24(20,21)18-12-17(3,19)16-5-4-10-22-16/h4-10,13,18-19H,11-12H2,1-3H3. The molecule has 0 aliphatic carbocycles. The number of benzene rings is 1. The van der Waals surface area contributed by atoms with E-state index in [0.717, 1.165) is 0 Å². The van der Waals surface area contributed by atoms with Gasteiger partial charge in [-0.1, -0.05) is 13.8 Å². The third-order valence-corrected chi connectivity index (χ3v) is 4.79. The molecular formula is C17H23NO5S. The number of nitrogens with one attached hydrogen (secondary N) is 1. The molecule has 1 heterocycles. The Bertz CT molecular complexity index is 734. The van der Waals surface area contributed by atoms with Crippen LogP contribution in [0.3, 0.4) is 0 Å². The molecule has 0 bridgehead atoms. The number of aliphatic hydroxyl groups is 1. The van der Waals surface area contributed by atoms with Crippen molar-refractivity contribution in [1.29, 1.82) is 0 Å². The van der Waals surface area contributed by atoms with Crippen LogP contribution in [0.5, 0.6) is 5.75 Å². The number of ether oxygens (including phenoxy) is 1. The molecule has 1 atom stereocenters. The van der Waals surface area contributed by atoms with E-state index in [0.29, 0.717) is 24.0 Å². The van der Waals surface area contributed by atoms with Gasteiger partial charge in [-0.05, 0) is 49.2 Å². The summed E-state index contributed by atoms with van der Waals surface area (Å²) >= 11 is 0. The smallest absolute Gasteiger partial charge is 0.240 e. The molecule has 2 N–H and O–H groups in total. The molecule has 0 saturated carbocycles. The second-order valence-electron chi connectivity index (χ2n) is 6.25. The molecule has 1 aromatic carbocycles. The Labute approximate surface area is 142 Å². The summed E-state index contributed by atoms with van der Waals surface area (Å²) in [5.74, 6) is 1.30. The first-order chi connectivity index (χ1) is 11.2. The van der Waals surface area contributed by atoms with Crippen LogP contribution in [0.15, 0.2) is 52.0 Å². The molecule has 24 heavy (non-hydrogen) atoms. The van der Waals surface area contributed by atoms with Gasteiger partial charge in [0.05, 0.1) is 17.8 Å². The van der Waals surface area contributed by atoms with E-state index in [1.165, 1.54) is 25.3 Å². The van der Waals surface area contributed by atoms with Crippen LogP contribution >= 0.6 is 0 Å². The lowest BCUT2D eigenvalue weighted by Crippen LogP contribution is -2.38. The molecule has 2 rings (SSSR count). The van der Waals surface area contributed by atoms with Crippen molar-refractivity contribution in [3.05, 3.63) is 48.4 Å². The lowest BCUT2D eigenvalue weighted by molar-refractivity contribution is 0.0395. The van der Waals surface area contributed by atoms with Crippen molar-refractivity contribution in [1.82, 2.24) is 4.72 Å². The van der Waals surface area contributed by atoms with E-state index in [4.69, 9.17) is 9.15 Å². The number of hydrogen-bond donors (Lipinski definition) is 2. The van der Waals surface area contributed by atoms with Crippen LogP contribution in [-0.2, 0) is 15.6 Å². The minimum atomic E-state index is -3.74. The van der Waals surface area contributed by atoms with Crippen molar-refractivity contribution >= 4 is 10.0 Å². The van der Waals surface area contributed by atoms with Gasteiger partial charge in [-0.2, -0.15) is 0 Å². The minimum absolute atomic E-state index is 0.106. The van der Waals surface area contributed by atoms with Gasteiger partial charge in [0.25, 0.3) is 0 Å². The first-order valence-electron chi connectivity index (χ1n) is 7.69. The Morgan fingerprint density at radius 1 is 1.25 bits per heavy atom. The SMILES string of the molecule is CC(C)COc1ccc(S(=O)(=O)NCC(C)(O)c2ccco2)cc1. The van der Waals surface area contributed by atoms with Gasteiger partial charge < -0.3 is 14.3 Å². The van der Waals surface area contributed by atoms with Gasteiger partial charge in [0.2, 0.25) is 10.0 Å². The van der Waals surface area contributed by atoms with Crippen LogP contribution in [-0.4, -0.2) is 26.7 Å². The Morgan fingerprint density at radius 2 is 1.92 bits per heavy atom. The highest BCUT2D eigenvalue weighted by molar-refractivity contribution is 7.89. The molecule has 0 amide bonds. The Hall–Kier alpha value is -1.83. The summed E-state index contributed by atoms with van der Waals surface area (Å²) in [5, 5.41) is 10.3. The van der Waals surface area contributed by atoms with Gasteiger partial charge in [0, 0.05) is 6.54 Å². The normalized spacial score (nSPS) is 14.5. The average Bonchev–Trinajstić information content (AvgIpc) is 3.07. The summed E-state index contributed by atoms with van der Waals surface area (Å²) in [5.41, 5.74) is -1.43. The van der Waals surface area contributed by atoms with E-state index in [2.05, 4.69) is 4.72 Å². The number of sulfonamides is 1. The van der Waals surface area contributed by atoms with Crippen LogP contribution < -0.4 is 9.46 Å². The summed E-state index contributed by atoms with van der Waals surface area (Å²) in [6.07, 6.45) is 1.42. The first-order valence-corrected chi connectivity index (χ1v) is 9.18. The molecule has 132 valence electrons. The molecular weight excluding hydrogens is 330 g/mol. The highest BCUT2D eigenvalue weighted by Crippen LogP contribution is 2.21. The molecule has 2 aromatic rings. The fourth-order valence-corrected chi connectivity index (χ4v) is 3.10. The van der Waals surface area contributed by atoms with Gasteiger partial charge in [-0.25, -0.2) is 13.1 Å². The molecule has 1 aromatic heterocycles. The third kappa shape index (κ3) is 4.83. The van der Waals surface area contributed by atoms with Crippen LogP contribution in [0.4, 0.5) is 0 Å². The van der Waals surface area contributed by atoms with Crippen molar-refractivity contribution in [2.75, 3.05) is 13.2 Å². The van der Waals surface area contributed by atoms with Crippen molar-refractivity contribution in [3.8, 4) is 5.75 Å². The van der Waals surface area contributed by atoms with Crippen molar-refractivity contribution in [3.63, 3.8) is 0 Å². The monoisotopic (exact) mass is 353 g/mol. The van der Waals surface area contributed by atoms with Gasteiger partial charge in [-0.15, -0.1) is 0 Å². The van der Waals surface area contributed by atoms with Crippen molar-refractivity contribution in [2.24, 2.45) is 5.92 Å². The summed E-state index contributed by atoms with van der Waals surface area (Å²) in [6.45, 7) is 5.92. The summed E-state index contributed by atoms with van der Waals surface area (Å²) < 4.78 is 37.7. The number of hydrogen-bond acceptors (Lipinski definition) is 5. The predicted molar refractivity (Wildman–Crippen MR) is 90.2 cm³/mol. The maximum Gasteiger partial charge on any atom is 0.240 e. The van der Waals surface area contributed by atoms with E-state index in [9.17, 15) is 13.5 Å². The molecule has 6 nitrogen and oxygen atoms in total. The quantitative estimate of drug-likeness (QED) is 0.761. The zero-order valence-corrected chi connectivity index (χ0v) is 14.8. The number of furan rings is 1. The molecule has 0 aliphatic rings. The molecule has 0 aliphatic heterocycles. The predicted octanol–water partition coefficient (Wildman–Crippen LogP) is 2.50. The van der Waals surface area contributed by atoms with E-state index < -0.39 is 15.6 Å². The van der Waals surface area contributed by atoms with E-state index >= 15 is 0 Å². The highest BCUT2D eigenvalue weighted by Gasteiger charge is 2.28. The van der Waals surface area contributed by atoms with Crippen molar-refractivity contribution in [2.45, 2.75) is 31.3 Å².